The van der Waals surface area contributed by atoms with Crippen molar-refractivity contribution in [1.29, 1.82) is 0 Å². The maximum Gasteiger partial charge on any atom is 0.160 e. The van der Waals surface area contributed by atoms with Gasteiger partial charge >= 0.3 is 0 Å². The molecule has 3 rings (SSSR count). The van der Waals surface area contributed by atoms with E-state index in [1.54, 1.807) is 29.9 Å². The molecule has 0 aliphatic carbocycles. The van der Waals surface area contributed by atoms with Crippen molar-refractivity contribution < 1.29 is 9.18 Å². The Morgan fingerprint density at radius 2 is 2.11 bits per heavy atom. The van der Waals surface area contributed by atoms with E-state index in [0.29, 0.717) is 32.7 Å². The van der Waals surface area contributed by atoms with E-state index in [-0.39, 0.29) is 0 Å². The minimum absolute atomic E-state index is 0.355. The largest absolute Gasteiger partial charge is 0.297 e. The minimum atomic E-state index is -0.401. The van der Waals surface area contributed by atoms with E-state index >= 15 is 0 Å². The number of aromatic nitrogens is 1. The summed E-state index contributed by atoms with van der Waals surface area (Å²) >= 11 is 7.31. The highest BCUT2D eigenvalue weighted by atomic mass is 35.5. The molecule has 0 unspecified atom stereocenters. The molecule has 0 saturated heterocycles. The van der Waals surface area contributed by atoms with E-state index in [4.69, 9.17) is 11.6 Å². The van der Waals surface area contributed by atoms with Crippen LogP contribution in [0.25, 0.3) is 21.9 Å². The van der Waals surface area contributed by atoms with Gasteiger partial charge in [0.1, 0.15) is 5.82 Å². The summed E-state index contributed by atoms with van der Waals surface area (Å²) in [6.45, 7) is 0. The van der Waals surface area contributed by atoms with Crippen LogP contribution in [0.2, 0.25) is 5.02 Å². The van der Waals surface area contributed by atoms with E-state index in [1.807, 2.05) is 0 Å². The number of rotatable bonds is 2. The number of hydrogen-bond acceptors (Lipinski definition) is 3. The first-order chi connectivity index (χ1) is 9.22. The number of halogens is 2. The van der Waals surface area contributed by atoms with Crippen LogP contribution in [0.4, 0.5) is 4.39 Å². The number of thiophene rings is 1. The second-order valence-corrected chi connectivity index (χ2v) is 5.28. The quantitative estimate of drug-likeness (QED) is 0.647. The number of nitrogens with zero attached hydrogens (tertiary/aromatic N) is 1. The van der Waals surface area contributed by atoms with Crippen molar-refractivity contribution in [2.24, 2.45) is 0 Å². The Balaban J connectivity index is 2.45. The van der Waals surface area contributed by atoms with Gasteiger partial charge in [-0.3, -0.25) is 9.78 Å². The van der Waals surface area contributed by atoms with Crippen LogP contribution in [0.15, 0.2) is 36.0 Å². The first-order valence-corrected chi connectivity index (χ1v) is 6.73. The third-order valence-corrected chi connectivity index (χ3v) is 4.24. The van der Waals surface area contributed by atoms with Crippen molar-refractivity contribution in [3.8, 4) is 11.1 Å². The summed E-state index contributed by atoms with van der Waals surface area (Å²) in [4.78, 5) is 15.5. The van der Waals surface area contributed by atoms with Crippen LogP contribution in [0.1, 0.15) is 9.67 Å². The summed E-state index contributed by atoms with van der Waals surface area (Å²) in [5.74, 6) is -0.401. The van der Waals surface area contributed by atoms with E-state index in [2.05, 4.69) is 4.98 Å². The molecule has 0 saturated carbocycles. The topological polar surface area (TPSA) is 30.0 Å². The van der Waals surface area contributed by atoms with E-state index < -0.39 is 5.82 Å². The van der Waals surface area contributed by atoms with Crippen LogP contribution in [0.5, 0.6) is 0 Å². The molecule has 2 aromatic heterocycles. The van der Waals surface area contributed by atoms with Gasteiger partial charge in [-0.05, 0) is 23.6 Å². The maximum atomic E-state index is 14.2. The van der Waals surface area contributed by atoms with Crippen LogP contribution in [0.3, 0.4) is 0 Å². The average Bonchev–Trinajstić information content (AvgIpc) is 2.80. The van der Waals surface area contributed by atoms with Gasteiger partial charge in [-0.2, -0.15) is 0 Å². The summed E-state index contributed by atoms with van der Waals surface area (Å²) in [5.41, 5.74) is 0.809. The van der Waals surface area contributed by atoms with Crippen LogP contribution in [0, 0.1) is 5.82 Å². The molecule has 0 bridgehead atoms. The number of benzene rings is 1. The molecular formula is C14H7ClFNOS. The zero-order valence-corrected chi connectivity index (χ0v) is 11.1. The van der Waals surface area contributed by atoms with Crippen molar-refractivity contribution in [1.82, 2.24) is 4.98 Å². The van der Waals surface area contributed by atoms with Gasteiger partial charge < -0.3 is 0 Å². The Bertz CT molecular complexity index is 784. The standard InChI is InChI=1S/C14H7ClFNOS/c15-10-7-19-12(6-18)14(10)13-9-3-4-17-5-8(9)1-2-11(13)16/h1-7H. The van der Waals surface area contributed by atoms with Crippen molar-refractivity contribution in [3.05, 3.63) is 51.7 Å². The third kappa shape index (κ3) is 1.93. The highest BCUT2D eigenvalue weighted by Crippen LogP contribution is 2.40. The zero-order chi connectivity index (χ0) is 13.4. The van der Waals surface area contributed by atoms with Crippen molar-refractivity contribution in [3.63, 3.8) is 0 Å². The average molecular weight is 292 g/mol. The van der Waals surface area contributed by atoms with Gasteiger partial charge in [0, 0.05) is 34.3 Å². The van der Waals surface area contributed by atoms with Gasteiger partial charge in [0.25, 0.3) is 0 Å². The second-order valence-electron chi connectivity index (χ2n) is 3.96. The van der Waals surface area contributed by atoms with Gasteiger partial charge in [-0.25, -0.2) is 4.39 Å². The Labute approximate surface area is 117 Å². The van der Waals surface area contributed by atoms with Crippen LogP contribution >= 0.6 is 22.9 Å². The molecule has 94 valence electrons. The van der Waals surface area contributed by atoms with E-state index in [9.17, 15) is 9.18 Å². The SMILES string of the molecule is O=Cc1scc(Cl)c1-c1c(F)ccc2cnccc12. The van der Waals surface area contributed by atoms with E-state index in [0.717, 1.165) is 5.39 Å². The molecule has 1 aromatic carbocycles. The Morgan fingerprint density at radius 3 is 2.89 bits per heavy atom. The molecule has 0 N–H and O–H groups in total. The highest BCUT2D eigenvalue weighted by Gasteiger charge is 2.18. The third-order valence-electron chi connectivity index (χ3n) is 2.90. The minimum Gasteiger partial charge on any atom is -0.297 e. The lowest BCUT2D eigenvalue weighted by molar-refractivity contribution is 0.112. The number of fused-ring (bicyclic) bond motifs is 1. The second kappa shape index (κ2) is 4.72. The summed E-state index contributed by atoms with van der Waals surface area (Å²) in [5, 5.41) is 3.52. The number of carbonyl (C=O) groups excluding carboxylic acids is 1. The first-order valence-electron chi connectivity index (χ1n) is 5.47. The number of carbonyl (C=O) groups is 1. The maximum absolute atomic E-state index is 14.2. The number of pyridine rings is 1. The molecule has 19 heavy (non-hydrogen) atoms. The molecule has 0 spiro atoms. The Morgan fingerprint density at radius 1 is 1.26 bits per heavy atom. The predicted molar refractivity (Wildman–Crippen MR) is 75.4 cm³/mol. The molecule has 0 aliphatic rings. The highest BCUT2D eigenvalue weighted by molar-refractivity contribution is 7.12. The Kier molecular flexibility index (Phi) is 3.05. The van der Waals surface area contributed by atoms with Gasteiger partial charge in [0.05, 0.1) is 9.90 Å². The molecule has 0 amide bonds. The Hall–Kier alpha value is -1.78. The van der Waals surface area contributed by atoms with E-state index in [1.165, 1.54) is 17.4 Å². The molecule has 3 aromatic rings. The van der Waals surface area contributed by atoms with Gasteiger partial charge in [0.2, 0.25) is 0 Å². The molecule has 0 fully saturated rings. The van der Waals surface area contributed by atoms with Crippen LogP contribution in [-0.2, 0) is 0 Å². The first kappa shape index (κ1) is 12.3. The lowest BCUT2D eigenvalue weighted by Gasteiger charge is -2.08. The lowest BCUT2D eigenvalue weighted by atomic mass is 9.99. The fourth-order valence-corrected chi connectivity index (χ4v) is 3.20. The van der Waals surface area contributed by atoms with Gasteiger partial charge in [-0.1, -0.05) is 11.6 Å². The van der Waals surface area contributed by atoms with Crippen molar-refractivity contribution in [2.75, 3.05) is 0 Å². The van der Waals surface area contributed by atoms with Crippen LogP contribution in [-0.4, -0.2) is 11.3 Å². The summed E-state index contributed by atoms with van der Waals surface area (Å²) in [6.07, 6.45) is 3.94. The van der Waals surface area contributed by atoms with Gasteiger partial charge in [-0.15, -0.1) is 11.3 Å². The number of hydrogen-bond donors (Lipinski definition) is 0. The fourth-order valence-electron chi connectivity index (χ4n) is 2.08. The molecular weight excluding hydrogens is 285 g/mol. The fraction of sp³-hybridized carbons (Fsp3) is 0. The number of aldehydes is 1. The molecule has 2 nitrogen and oxygen atoms in total. The smallest absolute Gasteiger partial charge is 0.160 e. The summed E-state index contributed by atoms with van der Waals surface area (Å²) < 4.78 is 14.2. The monoisotopic (exact) mass is 291 g/mol. The predicted octanol–water partition coefficient (Wildman–Crippen LogP) is 4.57. The lowest BCUT2D eigenvalue weighted by Crippen LogP contribution is -1.90. The zero-order valence-electron chi connectivity index (χ0n) is 9.56. The van der Waals surface area contributed by atoms with Gasteiger partial charge in [0.15, 0.2) is 6.29 Å². The molecule has 0 atom stereocenters. The van der Waals surface area contributed by atoms with Crippen molar-refractivity contribution in [2.45, 2.75) is 0 Å². The molecule has 0 radical (unpaired) electrons. The normalized spacial score (nSPS) is 10.8. The van der Waals surface area contributed by atoms with Crippen LogP contribution < -0.4 is 0 Å². The molecule has 5 heteroatoms. The molecule has 2 heterocycles. The molecule has 0 aliphatic heterocycles. The summed E-state index contributed by atoms with van der Waals surface area (Å²) in [7, 11) is 0. The summed E-state index contributed by atoms with van der Waals surface area (Å²) in [6, 6.07) is 4.74. The van der Waals surface area contributed by atoms with Crippen molar-refractivity contribution >= 4 is 40.0 Å².